The largest absolute Gasteiger partial charge is 0.309 e. The summed E-state index contributed by atoms with van der Waals surface area (Å²) in [4.78, 5) is 15.4. The molecule has 0 spiro atoms. The van der Waals surface area contributed by atoms with Gasteiger partial charge in [0.15, 0.2) is 11.6 Å². The lowest BCUT2D eigenvalue weighted by atomic mass is 9.87. The molecule has 0 bridgehead atoms. The maximum Gasteiger partial charge on any atom is 0.238 e. The highest BCUT2D eigenvalue weighted by molar-refractivity contribution is 6.19. The van der Waals surface area contributed by atoms with Crippen LogP contribution in [0, 0.1) is 0 Å². The summed E-state index contributed by atoms with van der Waals surface area (Å²) in [5, 5.41) is 7.30. The van der Waals surface area contributed by atoms with Gasteiger partial charge in [-0.1, -0.05) is 146 Å². The number of aromatic nitrogens is 5. The maximum atomic E-state index is 5.19. The molecule has 10 aromatic rings. The molecule has 272 valence electrons. The number of benzene rings is 7. The van der Waals surface area contributed by atoms with Crippen molar-refractivity contribution in [2.24, 2.45) is 0 Å². The molecule has 12 rings (SSSR count). The lowest BCUT2D eigenvalue weighted by molar-refractivity contribution is 0.954. The molecule has 0 fully saturated rings. The summed E-state index contributed by atoms with van der Waals surface area (Å²) in [5.41, 5.74) is 12.8. The Balaban J connectivity index is 1.11. The Hall–Kier alpha value is -7.63. The van der Waals surface area contributed by atoms with Crippen molar-refractivity contribution >= 4 is 55.8 Å². The summed E-state index contributed by atoms with van der Waals surface area (Å²) in [6.45, 7) is 0. The molecular formula is C53H35N5. The van der Waals surface area contributed by atoms with Gasteiger partial charge < -0.3 is 4.57 Å². The van der Waals surface area contributed by atoms with Crippen LogP contribution in [0.1, 0.15) is 11.1 Å². The van der Waals surface area contributed by atoms with Crippen molar-refractivity contribution in [1.82, 2.24) is 24.1 Å². The highest BCUT2D eigenvalue weighted by Crippen LogP contribution is 2.40. The summed E-state index contributed by atoms with van der Waals surface area (Å²) >= 11 is 0. The first-order valence-electron chi connectivity index (χ1n) is 19.9. The number of rotatable bonds is 5. The van der Waals surface area contributed by atoms with Crippen molar-refractivity contribution in [3.63, 3.8) is 0 Å². The van der Waals surface area contributed by atoms with E-state index >= 15 is 0 Å². The third-order valence-corrected chi connectivity index (χ3v) is 11.9. The summed E-state index contributed by atoms with van der Waals surface area (Å²) < 4.78 is 4.65. The van der Waals surface area contributed by atoms with Crippen molar-refractivity contribution in [2.75, 3.05) is 0 Å². The standard InChI is InChI=1S/C53H35N5/c1-3-16-34(17-4-1)51-54-52(35-18-5-2-6-19-35)56-53(55-51)58-48-29-14-12-27-43(48)46-32-49-45(33-50(46)58)42-26-11-13-28-47(42)57(49)38-22-15-21-36(30-38)44-31-37-20-7-8-23-39(37)40-24-9-10-25-41(40)44/h1-22,25-33H,23-24H2. The predicted molar refractivity (Wildman–Crippen MR) is 239 cm³/mol. The van der Waals surface area contributed by atoms with E-state index in [1.54, 1.807) is 0 Å². The van der Waals surface area contributed by atoms with Gasteiger partial charge in [0.1, 0.15) is 0 Å². The Morgan fingerprint density at radius 3 is 1.67 bits per heavy atom. The lowest BCUT2D eigenvalue weighted by Crippen LogP contribution is -2.26. The number of nitrogens with zero attached hydrogens (tertiary/aromatic N) is 5. The van der Waals surface area contributed by atoms with Gasteiger partial charge in [0.2, 0.25) is 5.95 Å². The molecule has 5 heteroatoms. The van der Waals surface area contributed by atoms with Crippen LogP contribution in [0.2, 0.25) is 0 Å². The molecule has 0 atom stereocenters. The minimum absolute atomic E-state index is 0.586. The lowest BCUT2D eigenvalue weighted by Gasteiger charge is -2.18. The van der Waals surface area contributed by atoms with Gasteiger partial charge in [-0.25, -0.2) is 4.98 Å². The summed E-state index contributed by atoms with van der Waals surface area (Å²) in [6.07, 6.45) is 15.5. The van der Waals surface area contributed by atoms with E-state index in [0.717, 1.165) is 62.5 Å². The van der Waals surface area contributed by atoms with Crippen LogP contribution >= 0.6 is 0 Å². The van der Waals surface area contributed by atoms with Crippen LogP contribution < -0.4 is 10.4 Å². The van der Waals surface area contributed by atoms with E-state index < -0.39 is 0 Å². The third-order valence-electron chi connectivity index (χ3n) is 11.9. The zero-order chi connectivity index (χ0) is 38.2. The molecule has 0 N–H and O–H groups in total. The quantitative estimate of drug-likeness (QED) is 0.176. The van der Waals surface area contributed by atoms with Crippen molar-refractivity contribution in [3.05, 3.63) is 198 Å². The smallest absolute Gasteiger partial charge is 0.238 e. The van der Waals surface area contributed by atoms with Crippen molar-refractivity contribution in [2.45, 2.75) is 12.8 Å². The minimum atomic E-state index is 0.586. The van der Waals surface area contributed by atoms with Gasteiger partial charge in [-0.15, -0.1) is 0 Å². The van der Waals surface area contributed by atoms with Crippen LogP contribution in [0.3, 0.4) is 0 Å². The van der Waals surface area contributed by atoms with E-state index in [2.05, 4.69) is 161 Å². The zero-order valence-corrected chi connectivity index (χ0v) is 31.5. The molecule has 3 heterocycles. The number of hydrogen-bond acceptors (Lipinski definition) is 3. The van der Waals surface area contributed by atoms with Gasteiger partial charge in [0.25, 0.3) is 0 Å². The fourth-order valence-corrected chi connectivity index (χ4v) is 9.21. The minimum Gasteiger partial charge on any atom is -0.309 e. The summed E-state index contributed by atoms with van der Waals surface area (Å²) in [5.74, 6) is 1.86. The Bertz CT molecular complexity index is 3440. The van der Waals surface area contributed by atoms with E-state index in [0.29, 0.717) is 17.6 Å². The van der Waals surface area contributed by atoms with Gasteiger partial charge in [-0.3, -0.25) is 4.57 Å². The summed E-state index contributed by atoms with van der Waals surface area (Å²) in [7, 11) is 0. The molecule has 2 aliphatic rings. The molecular weight excluding hydrogens is 707 g/mol. The Morgan fingerprint density at radius 1 is 0.414 bits per heavy atom. The average molecular weight is 742 g/mol. The topological polar surface area (TPSA) is 48.5 Å². The average Bonchev–Trinajstić information content (AvgIpc) is 3.80. The summed E-state index contributed by atoms with van der Waals surface area (Å²) in [6, 6.07) is 53.9. The van der Waals surface area contributed by atoms with Crippen LogP contribution in [0.15, 0.2) is 176 Å². The first-order valence-corrected chi connectivity index (χ1v) is 19.9. The molecule has 0 unspecified atom stereocenters. The van der Waals surface area contributed by atoms with Gasteiger partial charge >= 0.3 is 0 Å². The van der Waals surface area contributed by atoms with Crippen LogP contribution in [-0.4, -0.2) is 24.1 Å². The van der Waals surface area contributed by atoms with Crippen LogP contribution in [0.4, 0.5) is 0 Å². The number of para-hydroxylation sites is 2. The molecule has 2 aliphatic carbocycles. The monoisotopic (exact) mass is 741 g/mol. The molecule has 7 aromatic carbocycles. The van der Waals surface area contributed by atoms with E-state index in [1.165, 1.54) is 43.5 Å². The second-order valence-corrected chi connectivity index (χ2v) is 15.1. The number of fused-ring (bicyclic) bond motifs is 9. The highest BCUT2D eigenvalue weighted by atomic mass is 15.2. The number of allylic oxidation sites excluding steroid dienone is 4. The van der Waals surface area contributed by atoms with Crippen LogP contribution in [0.25, 0.3) is 101 Å². The third kappa shape index (κ3) is 5.07. The number of hydrogen-bond donors (Lipinski definition) is 0. The molecule has 0 amide bonds. The fourth-order valence-electron chi connectivity index (χ4n) is 9.21. The normalized spacial score (nSPS) is 13.2. The first kappa shape index (κ1) is 32.6. The Kier molecular flexibility index (Phi) is 7.29. The Labute approximate surface area is 334 Å². The maximum absolute atomic E-state index is 5.19. The van der Waals surface area contributed by atoms with Gasteiger partial charge in [-0.05, 0) is 88.0 Å². The molecule has 58 heavy (non-hydrogen) atoms. The van der Waals surface area contributed by atoms with Gasteiger partial charge in [-0.2, -0.15) is 9.97 Å². The molecule has 3 aromatic heterocycles. The van der Waals surface area contributed by atoms with Crippen molar-refractivity contribution < 1.29 is 0 Å². The van der Waals surface area contributed by atoms with Gasteiger partial charge in [0, 0.05) is 38.4 Å². The van der Waals surface area contributed by atoms with E-state index in [1.807, 2.05) is 36.4 Å². The van der Waals surface area contributed by atoms with Gasteiger partial charge in [0.05, 0.1) is 22.1 Å². The van der Waals surface area contributed by atoms with Crippen molar-refractivity contribution in [1.29, 1.82) is 0 Å². The first-order chi connectivity index (χ1) is 28.8. The fraction of sp³-hybridized carbons (Fsp3) is 0.0377. The Morgan fingerprint density at radius 2 is 0.983 bits per heavy atom. The molecule has 0 saturated carbocycles. The highest BCUT2D eigenvalue weighted by Gasteiger charge is 2.22. The van der Waals surface area contributed by atoms with E-state index in [9.17, 15) is 0 Å². The molecule has 0 saturated heterocycles. The van der Waals surface area contributed by atoms with Crippen LogP contribution in [-0.2, 0) is 12.8 Å². The zero-order valence-electron chi connectivity index (χ0n) is 31.5. The van der Waals surface area contributed by atoms with E-state index in [-0.39, 0.29) is 0 Å². The second kappa shape index (κ2) is 13.0. The van der Waals surface area contributed by atoms with E-state index in [4.69, 9.17) is 15.0 Å². The predicted octanol–water partition coefficient (Wildman–Crippen LogP) is 10.9. The molecule has 0 radical (unpaired) electrons. The molecule has 5 nitrogen and oxygen atoms in total. The SMILES string of the molecule is C1=CCc2c3c(c(-c4cccc(-n5c6ccccc6c6cc7c(cc65)c5ccccc5n7-c5nc(-c6ccccc6)nc(-c6ccccc6)n5)c4)cc2=C1)=CC=CC3. The second-order valence-electron chi connectivity index (χ2n) is 15.1. The van der Waals surface area contributed by atoms with Crippen molar-refractivity contribution in [3.8, 4) is 45.5 Å². The van der Waals surface area contributed by atoms with Crippen LogP contribution in [0.5, 0.6) is 0 Å². The molecule has 0 aliphatic heterocycles.